The third-order valence-electron chi connectivity index (χ3n) is 4.71. The highest BCUT2D eigenvalue weighted by Crippen LogP contribution is 2.39. The van der Waals surface area contributed by atoms with Crippen LogP contribution in [0.4, 0.5) is 5.95 Å². The number of halogens is 1. The number of carbonyl (C=O) groups excluding carboxylic acids is 1. The molecule has 0 amide bonds. The summed E-state index contributed by atoms with van der Waals surface area (Å²) in [6.07, 6.45) is 2.82. The highest BCUT2D eigenvalue weighted by Gasteiger charge is 2.35. The van der Waals surface area contributed by atoms with E-state index in [4.69, 9.17) is 14.6 Å². The zero-order chi connectivity index (χ0) is 21.7. The number of hydrogen-bond acceptors (Lipinski definition) is 7. The Balaban J connectivity index is 2.05. The topological polar surface area (TPSA) is 78.3 Å². The zero-order valence-corrected chi connectivity index (χ0v) is 20.1. The van der Waals surface area contributed by atoms with Gasteiger partial charge in [-0.3, -0.25) is 0 Å². The normalized spacial score (nSPS) is 15.6. The van der Waals surface area contributed by atoms with Crippen molar-refractivity contribution < 1.29 is 14.3 Å². The van der Waals surface area contributed by atoms with Gasteiger partial charge < -0.3 is 14.8 Å². The third kappa shape index (κ3) is 4.83. The summed E-state index contributed by atoms with van der Waals surface area (Å²) in [7, 11) is 1.62. The van der Waals surface area contributed by atoms with Gasteiger partial charge in [0.15, 0.2) is 0 Å². The van der Waals surface area contributed by atoms with Gasteiger partial charge in [0.05, 0.1) is 23.8 Å². The summed E-state index contributed by atoms with van der Waals surface area (Å²) in [5.41, 5.74) is 2.15. The van der Waals surface area contributed by atoms with Crippen LogP contribution >= 0.6 is 27.7 Å². The highest BCUT2D eigenvalue weighted by atomic mass is 79.9. The molecule has 2 heterocycles. The van der Waals surface area contributed by atoms with Crippen molar-refractivity contribution in [1.82, 2.24) is 14.8 Å². The number of aromatic nitrogens is 3. The minimum absolute atomic E-state index is 0.339. The number of anilines is 1. The molecule has 2 aromatic rings. The van der Waals surface area contributed by atoms with Crippen molar-refractivity contribution in [3.8, 4) is 5.75 Å². The van der Waals surface area contributed by atoms with E-state index in [1.807, 2.05) is 25.1 Å². The third-order valence-corrected chi connectivity index (χ3v) is 6.37. The summed E-state index contributed by atoms with van der Waals surface area (Å²) in [6.45, 7) is 6.45. The van der Waals surface area contributed by atoms with Crippen LogP contribution in [0.25, 0.3) is 0 Å². The van der Waals surface area contributed by atoms with Gasteiger partial charge in [-0.05, 0) is 53.4 Å². The number of nitrogens with one attached hydrogen (secondary N) is 1. The number of allylic oxidation sites excluding steroid dienone is 1. The summed E-state index contributed by atoms with van der Waals surface area (Å²) < 4.78 is 13.5. The summed E-state index contributed by atoms with van der Waals surface area (Å²) in [5.74, 6) is 1.93. The molecule has 0 fully saturated rings. The summed E-state index contributed by atoms with van der Waals surface area (Å²) in [4.78, 5) is 17.7. The Hall–Kier alpha value is -2.00. The molecule has 1 aliphatic heterocycles. The number of unbranched alkanes of at least 4 members (excludes halogenated alkanes) is 1. The maximum atomic E-state index is 13.0. The predicted octanol–water partition coefficient (Wildman–Crippen LogP) is 5.18. The second kappa shape index (κ2) is 10.3. The first-order valence-corrected chi connectivity index (χ1v) is 11.9. The molecule has 0 bridgehead atoms. The summed E-state index contributed by atoms with van der Waals surface area (Å²) >= 11 is 5.16. The Morgan fingerprint density at radius 2 is 2.13 bits per heavy atom. The number of benzene rings is 1. The molecule has 0 radical (unpaired) electrons. The number of carbonyl (C=O) groups is 1. The Morgan fingerprint density at radius 3 is 2.80 bits per heavy atom. The van der Waals surface area contributed by atoms with E-state index >= 15 is 0 Å². The van der Waals surface area contributed by atoms with Crippen LogP contribution in [-0.2, 0) is 9.53 Å². The van der Waals surface area contributed by atoms with E-state index in [9.17, 15) is 4.79 Å². The van der Waals surface area contributed by atoms with Gasteiger partial charge in [0.1, 0.15) is 11.8 Å². The highest BCUT2D eigenvalue weighted by molar-refractivity contribution is 9.10. The van der Waals surface area contributed by atoms with Crippen molar-refractivity contribution in [2.24, 2.45) is 0 Å². The van der Waals surface area contributed by atoms with Crippen molar-refractivity contribution >= 4 is 39.6 Å². The largest absolute Gasteiger partial charge is 0.496 e. The summed E-state index contributed by atoms with van der Waals surface area (Å²) in [5, 5.41) is 8.62. The molecule has 0 saturated heterocycles. The van der Waals surface area contributed by atoms with Gasteiger partial charge in [-0.1, -0.05) is 38.1 Å². The molecule has 7 nitrogen and oxygen atoms in total. The number of hydrogen-bond donors (Lipinski definition) is 1. The number of thioether (sulfide) groups is 1. The van der Waals surface area contributed by atoms with Crippen molar-refractivity contribution in [3.05, 3.63) is 39.5 Å². The van der Waals surface area contributed by atoms with Crippen LogP contribution in [-0.4, -0.2) is 40.2 Å². The quantitative estimate of drug-likeness (QED) is 0.292. The first kappa shape index (κ1) is 22.7. The molecule has 3 rings (SSSR count). The van der Waals surface area contributed by atoms with Crippen molar-refractivity contribution in [3.63, 3.8) is 0 Å². The lowest BCUT2D eigenvalue weighted by Gasteiger charge is -2.28. The lowest BCUT2D eigenvalue weighted by Crippen LogP contribution is -2.29. The molecule has 1 N–H and O–H groups in total. The number of ether oxygens (including phenoxy) is 2. The SMILES string of the molecule is CCCCOC(=O)C1=C(C)Nc2nc(SCCC)nn2C1c1ccc(OC)c(Br)c1. The molecule has 0 spiro atoms. The first-order valence-electron chi connectivity index (χ1n) is 10.1. The Morgan fingerprint density at radius 1 is 1.33 bits per heavy atom. The number of rotatable bonds is 9. The molecule has 9 heteroatoms. The van der Waals surface area contributed by atoms with Gasteiger partial charge in [0, 0.05) is 11.4 Å². The van der Waals surface area contributed by atoms with Gasteiger partial charge in [0.2, 0.25) is 11.1 Å². The van der Waals surface area contributed by atoms with Crippen molar-refractivity contribution in [2.75, 3.05) is 24.8 Å². The molecule has 0 aliphatic carbocycles. The second-order valence-corrected chi connectivity index (χ2v) is 8.88. The average Bonchev–Trinajstić information content (AvgIpc) is 3.13. The Bertz CT molecular complexity index is 944. The van der Waals surface area contributed by atoms with Gasteiger partial charge in [0.25, 0.3) is 0 Å². The molecule has 0 saturated carbocycles. The van der Waals surface area contributed by atoms with Crippen LogP contribution in [0.15, 0.2) is 39.1 Å². The fraction of sp³-hybridized carbons (Fsp3) is 0.476. The summed E-state index contributed by atoms with van der Waals surface area (Å²) in [6, 6.07) is 5.32. The van der Waals surface area contributed by atoms with E-state index in [1.165, 1.54) is 0 Å². The smallest absolute Gasteiger partial charge is 0.338 e. The van der Waals surface area contributed by atoms with Crippen molar-refractivity contribution in [2.45, 2.75) is 51.2 Å². The minimum Gasteiger partial charge on any atom is -0.496 e. The minimum atomic E-state index is -0.443. The van der Waals surface area contributed by atoms with Crippen LogP contribution in [0.1, 0.15) is 51.6 Å². The molecular weight excluding hydrogens is 468 g/mol. The molecule has 1 aromatic carbocycles. The molecule has 1 unspecified atom stereocenters. The van der Waals surface area contributed by atoms with Crippen LogP contribution in [0.2, 0.25) is 0 Å². The second-order valence-electron chi connectivity index (χ2n) is 6.96. The first-order chi connectivity index (χ1) is 14.5. The monoisotopic (exact) mass is 494 g/mol. The van der Waals surface area contributed by atoms with Gasteiger partial charge in [-0.2, -0.15) is 4.98 Å². The van der Waals surface area contributed by atoms with E-state index in [0.29, 0.717) is 23.3 Å². The van der Waals surface area contributed by atoms with Gasteiger partial charge in [-0.25, -0.2) is 9.48 Å². The Kier molecular flexibility index (Phi) is 7.82. The molecule has 1 atom stereocenters. The fourth-order valence-electron chi connectivity index (χ4n) is 3.20. The van der Waals surface area contributed by atoms with Gasteiger partial charge in [-0.15, -0.1) is 5.10 Å². The zero-order valence-electron chi connectivity index (χ0n) is 17.7. The maximum Gasteiger partial charge on any atom is 0.338 e. The van der Waals surface area contributed by atoms with Crippen LogP contribution in [0, 0.1) is 0 Å². The van der Waals surface area contributed by atoms with E-state index in [2.05, 4.69) is 40.1 Å². The van der Waals surface area contributed by atoms with Gasteiger partial charge >= 0.3 is 5.97 Å². The molecule has 1 aromatic heterocycles. The molecule has 1 aliphatic rings. The van der Waals surface area contributed by atoms with E-state index in [0.717, 1.165) is 46.5 Å². The van der Waals surface area contributed by atoms with Crippen LogP contribution in [0.3, 0.4) is 0 Å². The number of methoxy groups -OCH3 is 1. The lowest BCUT2D eigenvalue weighted by molar-refractivity contribution is -0.139. The molecule has 162 valence electrons. The van der Waals surface area contributed by atoms with E-state index in [-0.39, 0.29) is 5.97 Å². The maximum absolute atomic E-state index is 13.0. The molecule has 30 heavy (non-hydrogen) atoms. The number of fused-ring (bicyclic) bond motifs is 1. The molecular formula is C21H27BrN4O3S. The van der Waals surface area contributed by atoms with Crippen LogP contribution < -0.4 is 10.1 Å². The standard InChI is InChI=1S/C21H27BrN4O3S/c1-5-7-10-29-19(27)17-13(3)23-20-24-21(30-11-6-2)25-26(20)18(17)14-8-9-16(28-4)15(22)12-14/h8-9,12,18H,5-7,10-11H2,1-4H3,(H,23,24,25). The fourth-order valence-corrected chi connectivity index (χ4v) is 4.44. The average molecular weight is 495 g/mol. The van der Waals surface area contributed by atoms with Crippen LogP contribution in [0.5, 0.6) is 5.75 Å². The van der Waals surface area contributed by atoms with E-state index in [1.54, 1.807) is 23.6 Å². The Labute approximate surface area is 189 Å². The number of esters is 1. The van der Waals surface area contributed by atoms with Crippen molar-refractivity contribution in [1.29, 1.82) is 0 Å². The lowest BCUT2D eigenvalue weighted by atomic mass is 9.95. The predicted molar refractivity (Wildman–Crippen MR) is 122 cm³/mol. The van der Waals surface area contributed by atoms with E-state index < -0.39 is 6.04 Å². The number of nitrogens with zero attached hydrogens (tertiary/aromatic N) is 3.